The van der Waals surface area contributed by atoms with Crippen molar-refractivity contribution in [2.45, 2.75) is 13.3 Å². The number of carbonyl (C=O) groups is 1. The number of hydrogen-bond donors (Lipinski definition) is 1. The fourth-order valence-corrected chi connectivity index (χ4v) is 2.83. The van der Waals surface area contributed by atoms with E-state index in [1.165, 1.54) is 43.9 Å². The summed E-state index contributed by atoms with van der Waals surface area (Å²) in [4.78, 5) is 26.4. The number of nitro benzene ring substituents is 1. The van der Waals surface area contributed by atoms with Gasteiger partial charge in [-0.2, -0.15) is 5.10 Å². The minimum atomic E-state index is -0.538. The topological polar surface area (TPSA) is 125 Å². The lowest BCUT2D eigenvalue weighted by Gasteiger charge is -2.10. The lowest BCUT2D eigenvalue weighted by atomic mass is 10.1. The van der Waals surface area contributed by atoms with Crippen LogP contribution in [0.15, 0.2) is 22.6 Å². The van der Waals surface area contributed by atoms with E-state index in [1.54, 1.807) is 12.3 Å². The molecule has 144 valence electrons. The van der Waals surface area contributed by atoms with Crippen molar-refractivity contribution in [3.63, 3.8) is 0 Å². The van der Waals surface area contributed by atoms with Crippen molar-refractivity contribution in [2.24, 2.45) is 5.10 Å². The minimum Gasteiger partial charge on any atom is -0.493 e. The largest absolute Gasteiger partial charge is 0.493 e. The highest BCUT2D eigenvalue weighted by Gasteiger charge is 2.21. The second-order valence-electron chi connectivity index (χ2n) is 4.99. The number of methoxy groups -OCH3 is 2. The highest BCUT2D eigenvalue weighted by atomic mass is 32.1. The molecule has 0 atom stereocenters. The smallest absolute Gasteiger partial charge is 0.311 e. The van der Waals surface area contributed by atoms with E-state index >= 15 is 0 Å². The van der Waals surface area contributed by atoms with Crippen LogP contribution in [0.1, 0.15) is 18.2 Å². The number of anilines is 1. The first-order chi connectivity index (χ1) is 13.0. The van der Waals surface area contributed by atoms with Crippen LogP contribution in [0.3, 0.4) is 0 Å². The second-order valence-corrected chi connectivity index (χ2v) is 5.84. The summed E-state index contributed by atoms with van der Waals surface area (Å²) < 4.78 is 15.2. The van der Waals surface area contributed by atoms with Crippen LogP contribution < -0.4 is 14.9 Å². The van der Waals surface area contributed by atoms with Gasteiger partial charge in [-0.05, 0) is 13.0 Å². The van der Waals surface area contributed by atoms with E-state index in [0.29, 0.717) is 23.2 Å². The predicted octanol–water partition coefficient (Wildman–Crippen LogP) is 2.62. The fourth-order valence-electron chi connectivity index (χ4n) is 2.18. The predicted molar refractivity (Wildman–Crippen MR) is 99.9 cm³/mol. The molecule has 0 saturated carbocycles. The Morgan fingerprint density at radius 1 is 1.41 bits per heavy atom. The number of hydrazone groups is 1. The zero-order valence-corrected chi connectivity index (χ0v) is 15.7. The molecule has 27 heavy (non-hydrogen) atoms. The average molecular weight is 394 g/mol. The SMILES string of the molecule is CCOC(=O)Cc1csc(NN=Cc2c([N+](=O)[O-])ccc(OC)c2OC)n1. The van der Waals surface area contributed by atoms with Gasteiger partial charge in [0.1, 0.15) is 5.56 Å². The fraction of sp³-hybridized carbons (Fsp3) is 0.312. The van der Waals surface area contributed by atoms with Crippen LogP contribution in [-0.4, -0.2) is 42.9 Å². The third-order valence-electron chi connectivity index (χ3n) is 3.29. The average Bonchev–Trinajstić information content (AvgIpc) is 3.08. The van der Waals surface area contributed by atoms with E-state index < -0.39 is 4.92 Å². The highest BCUT2D eigenvalue weighted by Crippen LogP contribution is 2.35. The van der Waals surface area contributed by atoms with Crippen molar-refractivity contribution in [3.05, 3.63) is 38.9 Å². The lowest BCUT2D eigenvalue weighted by molar-refractivity contribution is -0.385. The third kappa shape index (κ3) is 5.14. The molecule has 0 fully saturated rings. The molecule has 0 saturated heterocycles. The van der Waals surface area contributed by atoms with Crippen molar-refractivity contribution >= 4 is 34.3 Å². The van der Waals surface area contributed by atoms with Crippen molar-refractivity contribution in [1.82, 2.24) is 4.98 Å². The van der Waals surface area contributed by atoms with Gasteiger partial charge in [0.05, 0.1) is 44.1 Å². The van der Waals surface area contributed by atoms with E-state index in [0.717, 1.165) is 0 Å². The van der Waals surface area contributed by atoms with Crippen LogP contribution in [0.2, 0.25) is 0 Å². The van der Waals surface area contributed by atoms with Crippen LogP contribution in [0.4, 0.5) is 10.8 Å². The first-order valence-electron chi connectivity index (χ1n) is 7.78. The molecule has 0 bridgehead atoms. The number of nitro groups is 1. The number of ether oxygens (including phenoxy) is 3. The number of nitrogens with one attached hydrogen (secondary N) is 1. The summed E-state index contributed by atoms with van der Waals surface area (Å²) in [5, 5.41) is 17.4. The molecule has 1 heterocycles. The van der Waals surface area contributed by atoms with Gasteiger partial charge in [-0.3, -0.25) is 20.3 Å². The maximum atomic E-state index is 11.5. The number of thiazole rings is 1. The van der Waals surface area contributed by atoms with E-state index in [-0.39, 0.29) is 29.4 Å². The number of benzene rings is 1. The molecular formula is C16H18N4O6S. The van der Waals surface area contributed by atoms with E-state index in [4.69, 9.17) is 14.2 Å². The summed E-state index contributed by atoms with van der Waals surface area (Å²) in [6.07, 6.45) is 1.32. The van der Waals surface area contributed by atoms with Crippen molar-refractivity contribution in [2.75, 3.05) is 26.3 Å². The van der Waals surface area contributed by atoms with E-state index in [1.807, 2.05) is 0 Å². The number of hydrogen-bond acceptors (Lipinski definition) is 10. The molecule has 11 heteroatoms. The molecule has 2 aromatic rings. The Balaban J connectivity index is 2.17. The summed E-state index contributed by atoms with van der Waals surface area (Å²) in [5.41, 5.74) is 3.19. The van der Waals surface area contributed by atoms with Gasteiger partial charge in [0.15, 0.2) is 11.5 Å². The van der Waals surface area contributed by atoms with Gasteiger partial charge in [-0.1, -0.05) is 0 Å². The molecule has 1 aromatic heterocycles. The van der Waals surface area contributed by atoms with Gasteiger partial charge >= 0.3 is 5.97 Å². The molecular weight excluding hydrogens is 376 g/mol. The summed E-state index contributed by atoms with van der Waals surface area (Å²) in [6, 6.07) is 2.76. The lowest BCUT2D eigenvalue weighted by Crippen LogP contribution is -2.07. The van der Waals surface area contributed by atoms with Gasteiger partial charge < -0.3 is 14.2 Å². The van der Waals surface area contributed by atoms with Crippen LogP contribution in [0.5, 0.6) is 11.5 Å². The summed E-state index contributed by atoms with van der Waals surface area (Å²) in [6.45, 7) is 2.03. The molecule has 2 rings (SSSR count). The standard InChI is InChI=1S/C16H18N4O6S/c1-4-26-14(21)7-10-9-27-16(18-10)19-17-8-11-12(20(22)23)5-6-13(24-2)15(11)25-3/h5-6,8-9H,4,7H2,1-3H3,(H,18,19). The van der Waals surface area contributed by atoms with E-state index in [2.05, 4.69) is 15.5 Å². The molecule has 0 amide bonds. The van der Waals surface area contributed by atoms with Gasteiger partial charge in [0.25, 0.3) is 5.69 Å². The van der Waals surface area contributed by atoms with Crippen molar-refractivity contribution in [3.8, 4) is 11.5 Å². The first-order valence-corrected chi connectivity index (χ1v) is 8.66. The Morgan fingerprint density at radius 3 is 2.81 bits per heavy atom. The molecule has 0 spiro atoms. The molecule has 0 aliphatic carbocycles. The van der Waals surface area contributed by atoms with E-state index in [9.17, 15) is 14.9 Å². The Bertz CT molecular complexity index is 851. The van der Waals surface area contributed by atoms with Crippen LogP contribution in [0.25, 0.3) is 0 Å². The van der Waals surface area contributed by atoms with Gasteiger partial charge in [-0.25, -0.2) is 4.98 Å². The Kier molecular flexibility index (Phi) is 7.06. The summed E-state index contributed by atoms with van der Waals surface area (Å²) in [5.74, 6) is 0.171. The van der Waals surface area contributed by atoms with Crippen LogP contribution >= 0.6 is 11.3 Å². The summed E-state index contributed by atoms with van der Waals surface area (Å²) in [7, 11) is 2.82. The second kappa shape index (κ2) is 9.48. The van der Waals surface area contributed by atoms with Crippen molar-refractivity contribution in [1.29, 1.82) is 0 Å². The summed E-state index contributed by atoms with van der Waals surface area (Å²) >= 11 is 1.24. The molecule has 0 unspecified atom stereocenters. The molecule has 10 nitrogen and oxygen atoms in total. The van der Waals surface area contributed by atoms with Gasteiger partial charge in [0.2, 0.25) is 5.13 Å². The zero-order chi connectivity index (χ0) is 19.8. The molecule has 0 aliphatic rings. The number of esters is 1. The number of aromatic nitrogens is 1. The zero-order valence-electron chi connectivity index (χ0n) is 14.9. The monoisotopic (exact) mass is 394 g/mol. The van der Waals surface area contributed by atoms with Crippen LogP contribution in [0, 0.1) is 10.1 Å². The number of nitrogens with zero attached hydrogens (tertiary/aromatic N) is 3. The quantitative estimate of drug-likeness (QED) is 0.298. The molecule has 1 aromatic carbocycles. The molecule has 1 N–H and O–H groups in total. The highest BCUT2D eigenvalue weighted by molar-refractivity contribution is 7.13. The van der Waals surface area contributed by atoms with Crippen molar-refractivity contribution < 1.29 is 23.9 Å². The number of rotatable bonds is 9. The van der Waals surface area contributed by atoms with Gasteiger partial charge in [0, 0.05) is 11.4 Å². The maximum absolute atomic E-state index is 11.5. The minimum absolute atomic E-state index is 0.0604. The Labute approximate surface area is 158 Å². The van der Waals surface area contributed by atoms with Crippen LogP contribution in [-0.2, 0) is 16.0 Å². The molecule has 0 radical (unpaired) electrons. The Hall–Kier alpha value is -3.21. The third-order valence-corrected chi connectivity index (χ3v) is 4.09. The number of carbonyl (C=O) groups excluding carboxylic acids is 1. The van der Waals surface area contributed by atoms with Gasteiger partial charge in [-0.15, -0.1) is 11.3 Å². The normalized spacial score (nSPS) is 10.6. The molecule has 0 aliphatic heterocycles. The Morgan fingerprint density at radius 2 is 2.19 bits per heavy atom. The maximum Gasteiger partial charge on any atom is 0.311 e. The first kappa shape index (κ1) is 20.1.